The molecule has 1 saturated heterocycles. The first kappa shape index (κ1) is 25.1. The van der Waals surface area contributed by atoms with Crippen molar-refractivity contribution in [2.75, 3.05) is 18.0 Å². The molecular weight excluding hydrogens is 460 g/mol. The maximum Gasteiger partial charge on any atom is 0.329 e. The summed E-state index contributed by atoms with van der Waals surface area (Å²) in [6.07, 6.45) is 2.48. The van der Waals surface area contributed by atoms with Gasteiger partial charge in [-0.25, -0.2) is 9.97 Å². The Hall–Kier alpha value is -3.98. The van der Waals surface area contributed by atoms with Crippen LogP contribution in [0.25, 0.3) is 11.1 Å². The van der Waals surface area contributed by atoms with Gasteiger partial charge in [0, 0.05) is 32.1 Å². The van der Waals surface area contributed by atoms with Crippen molar-refractivity contribution in [2.24, 2.45) is 5.92 Å². The average molecular weight is 491 g/mol. The van der Waals surface area contributed by atoms with Gasteiger partial charge in [0.25, 0.3) is 0 Å². The van der Waals surface area contributed by atoms with E-state index in [1.165, 1.54) is 5.69 Å². The Morgan fingerprint density at radius 1 is 1.03 bits per heavy atom. The standard InChI is InChI=1S/C27H30N4O5/c1-17-26(34)25(27(35)30-36-18(2)33)29-24(28-17)15-19-11-13-31(14-12-19)23-9-7-22(8-10-23)21-5-3-20(16-32)4-6-21/h3-10,19,32,34H,11-16H2,1-2H3,(H,30,35). The molecule has 0 radical (unpaired) electrons. The first-order valence-corrected chi connectivity index (χ1v) is 11.9. The Morgan fingerprint density at radius 3 is 2.22 bits per heavy atom. The molecule has 4 rings (SSSR count). The van der Waals surface area contributed by atoms with E-state index in [1.54, 1.807) is 6.92 Å². The van der Waals surface area contributed by atoms with Gasteiger partial charge in [-0.2, -0.15) is 5.48 Å². The van der Waals surface area contributed by atoms with E-state index in [-0.39, 0.29) is 18.1 Å². The van der Waals surface area contributed by atoms with Crippen molar-refractivity contribution < 1.29 is 24.6 Å². The zero-order valence-corrected chi connectivity index (χ0v) is 20.4. The molecule has 0 bridgehead atoms. The highest BCUT2D eigenvalue weighted by Gasteiger charge is 2.24. The Balaban J connectivity index is 1.36. The van der Waals surface area contributed by atoms with E-state index in [2.05, 4.69) is 44.0 Å². The van der Waals surface area contributed by atoms with Crippen LogP contribution >= 0.6 is 0 Å². The molecular formula is C27H30N4O5. The third-order valence-electron chi connectivity index (χ3n) is 6.40. The van der Waals surface area contributed by atoms with Gasteiger partial charge in [0.15, 0.2) is 11.4 Å². The van der Waals surface area contributed by atoms with E-state index in [0.717, 1.165) is 49.5 Å². The van der Waals surface area contributed by atoms with Crippen LogP contribution in [-0.4, -0.2) is 45.1 Å². The number of carbonyl (C=O) groups excluding carboxylic acids is 2. The summed E-state index contributed by atoms with van der Waals surface area (Å²) in [7, 11) is 0. The molecule has 1 amide bonds. The topological polar surface area (TPSA) is 125 Å². The van der Waals surface area contributed by atoms with Crippen molar-refractivity contribution in [1.29, 1.82) is 0 Å². The minimum absolute atomic E-state index is 0.0419. The molecule has 188 valence electrons. The average Bonchev–Trinajstić information content (AvgIpc) is 2.90. The first-order valence-electron chi connectivity index (χ1n) is 11.9. The second kappa shape index (κ2) is 11.2. The molecule has 0 unspecified atom stereocenters. The molecule has 0 saturated carbocycles. The number of hydrogen-bond donors (Lipinski definition) is 3. The van der Waals surface area contributed by atoms with Crippen LogP contribution in [0.3, 0.4) is 0 Å². The van der Waals surface area contributed by atoms with Crippen molar-refractivity contribution in [3.05, 3.63) is 71.3 Å². The number of carbonyl (C=O) groups is 2. The lowest BCUT2D eigenvalue weighted by Gasteiger charge is -2.33. The van der Waals surface area contributed by atoms with Crippen LogP contribution in [0.5, 0.6) is 5.75 Å². The summed E-state index contributed by atoms with van der Waals surface area (Å²) >= 11 is 0. The zero-order valence-electron chi connectivity index (χ0n) is 20.4. The number of aromatic hydroxyl groups is 1. The number of amides is 1. The molecule has 0 aliphatic carbocycles. The van der Waals surface area contributed by atoms with Crippen LogP contribution < -0.4 is 10.4 Å². The fourth-order valence-corrected chi connectivity index (χ4v) is 4.36. The molecule has 3 aromatic rings. The van der Waals surface area contributed by atoms with Gasteiger partial charge in [-0.15, -0.1) is 0 Å². The number of piperidine rings is 1. The number of aryl methyl sites for hydroxylation is 1. The largest absolute Gasteiger partial charge is 0.504 e. The number of hydroxylamine groups is 1. The molecule has 1 aliphatic rings. The maximum atomic E-state index is 12.3. The number of aliphatic hydroxyl groups excluding tert-OH is 1. The summed E-state index contributed by atoms with van der Waals surface area (Å²) < 4.78 is 0. The molecule has 1 aliphatic heterocycles. The number of nitrogens with zero attached hydrogens (tertiary/aromatic N) is 3. The fourth-order valence-electron chi connectivity index (χ4n) is 4.36. The Kier molecular flexibility index (Phi) is 7.80. The predicted octanol–water partition coefficient (Wildman–Crippen LogP) is 3.32. The minimum atomic E-state index is -0.794. The van der Waals surface area contributed by atoms with Crippen LogP contribution in [0.15, 0.2) is 48.5 Å². The summed E-state index contributed by atoms with van der Waals surface area (Å²) in [4.78, 5) is 38.7. The molecule has 0 spiro atoms. The summed E-state index contributed by atoms with van der Waals surface area (Å²) in [5.74, 6) is -0.970. The normalized spacial score (nSPS) is 13.9. The zero-order chi connectivity index (χ0) is 25.7. The SMILES string of the molecule is CC(=O)ONC(=O)c1nc(CC2CCN(c3ccc(-c4ccc(CO)cc4)cc3)CC2)nc(C)c1O. The highest BCUT2D eigenvalue weighted by atomic mass is 16.7. The fraction of sp³-hybridized carbons (Fsp3) is 0.333. The molecule has 0 atom stereocenters. The minimum Gasteiger partial charge on any atom is -0.504 e. The lowest BCUT2D eigenvalue weighted by Crippen LogP contribution is -2.34. The number of rotatable bonds is 6. The molecule has 3 N–H and O–H groups in total. The summed E-state index contributed by atoms with van der Waals surface area (Å²) in [6.45, 7) is 4.60. The number of benzene rings is 2. The molecule has 1 fully saturated rings. The van der Waals surface area contributed by atoms with Crippen molar-refractivity contribution in [2.45, 2.75) is 39.7 Å². The molecule has 1 aromatic heterocycles. The van der Waals surface area contributed by atoms with Crippen molar-refractivity contribution in [3.8, 4) is 16.9 Å². The highest BCUT2D eigenvalue weighted by molar-refractivity contribution is 5.94. The van der Waals surface area contributed by atoms with E-state index in [1.807, 2.05) is 29.7 Å². The van der Waals surface area contributed by atoms with Crippen molar-refractivity contribution in [3.63, 3.8) is 0 Å². The van der Waals surface area contributed by atoms with Gasteiger partial charge < -0.3 is 20.0 Å². The highest BCUT2D eigenvalue weighted by Crippen LogP contribution is 2.28. The maximum absolute atomic E-state index is 12.3. The van der Waals surface area contributed by atoms with E-state index < -0.39 is 11.9 Å². The Bertz CT molecular complexity index is 1220. The molecule has 9 nitrogen and oxygen atoms in total. The number of hydrogen-bond acceptors (Lipinski definition) is 8. The number of aliphatic hydroxyl groups is 1. The number of nitrogens with one attached hydrogen (secondary N) is 1. The van der Waals surface area contributed by atoms with E-state index in [0.29, 0.717) is 23.9 Å². The third-order valence-corrected chi connectivity index (χ3v) is 6.40. The molecule has 2 heterocycles. The van der Waals surface area contributed by atoms with Gasteiger partial charge in [0.1, 0.15) is 5.82 Å². The second-order valence-electron chi connectivity index (χ2n) is 8.98. The van der Waals surface area contributed by atoms with Gasteiger partial charge >= 0.3 is 11.9 Å². The smallest absolute Gasteiger partial charge is 0.329 e. The Morgan fingerprint density at radius 2 is 1.64 bits per heavy atom. The van der Waals surface area contributed by atoms with Crippen molar-refractivity contribution >= 4 is 17.6 Å². The second-order valence-corrected chi connectivity index (χ2v) is 8.98. The van der Waals surface area contributed by atoms with E-state index >= 15 is 0 Å². The Labute approximate surface area is 209 Å². The lowest BCUT2D eigenvalue weighted by molar-refractivity contribution is -0.146. The van der Waals surface area contributed by atoms with Crippen LogP contribution in [0.2, 0.25) is 0 Å². The first-order chi connectivity index (χ1) is 17.3. The summed E-state index contributed by atoms with van der Waals surface area (Å²) in [6, 6.07) is 16.4. The number of aromatic nitrogens is 2. The van der Waals surface area contributed by atoms with Gasteiger partial charge in [-0.1, -0.05) is 36.4 Å². The molecule has 2 aromatic carbocycles. The predicted molar refractivity (Wildman–Crippen MR) is 134 cm³/mol. The van der Waals surface area contributed by atoms with E-state index in [4.69, 9.17) is 0 Å². The van der Waals surface area contributed by atoms with Crippen LogP contribution in [0.1, 0.15) is 47.3 Å². The van der Waals surface area contributed by atoms with Crippen molar-refractivity contribution in [1.82, 2.24) is 15.4 Å². The summed E-state index contributed by atoms with van der Waals surface area (Å²) in [5, 5.41) is 19.4. The molecule has 36 heavy (non-hydrogen) atoms. The van der Waals surface area contributed by atoms with E-state index in [9.17, 15) is 19.8 Å². The van der Waals surface area contributed by atoms with Gasteiger partial charge in [-0.05, 0) is 54.5 Å². The quantitative estimate of drug-likeness (QED) is 0.450. The number of anilines is 1. The van der Waals surface area contributed by atoms with Crippen LogP contribution in [0, 0.1) is 12.8 Å². The van der Waals surface area contributed by atoms with Crippen LogP contribution in [-0.2, 0) is 22.7 Å². The van der Waals surface area contributed by atoms with Crippen LogP contribution in [0.4, 0.5) is 5.69 Å². The van der Waals surface area contributed by atoms with Gasteiger partial charge in [0.2, 0.25) is 0 Å². The third kappa shape index (κ3) is 5.98. The molecule has 9 heteroatoms. The summed E-state index contributed by atoms with van der Waals surface area (Å²) in [5.41, 5.74) is 6.39. The monoisotopic (exact) mass is 490 g/mol. The van der Waals surface area contributed by atoms with Gasteiger partial charge in [-0.3, -0.25) is 9.59 Å². The van der Waals surface area contributed by atoms with Gasteiger partial charge in [0.05, 0.1) is 12.3 Å². The lowest BCUT2D eigenvalue weighted by atomic mass is 9.92.